The molecule has 1 N–H and O–H groups in total. The number of hydrogen-bond donors (Lipinski definition) is 1. The second-order valence-corrected chi connectivity index (χ2v) is 3.40. The third-order valence-corrected chi connectivity index (χ3v) is 2.49. The van der Waals surface area contributed by atoms with Crippen molar-refractivity contribution in [3.05, 3.63) is 41.0 Å². The van der Waals surface area contributed by atoms with E-state index in [1.54, 1.807) is 12.2 Å². The zero-order valence-corrected chi connectivity index (χ0v) is 8.08. The van der Waals surface area contributed by atoms with Gasteiger partial charge >= 0.3 is 0 Å². The topological polar surface area (TPSA) is 29.5 Å². The zero-order valence-electron chi connectivity index (χ0n) is 8.08. The number of aliphatic hydroxyl groups excluding tert-OH is 1. The molecule has 0 saturated heterocycles. The first-order chi connectivity index (χ1) is 7.13. The van der Waals surface area contributed by atoms with Gasteiger partial charge in [0.05, 0.1) is 0 Å². The standard InChI is InChI=1S/C11H10F2O2/c1-15-10-3-2-6-4-8(12)9(13)5-7(6)11(10)14/h2-5,10-11,14H,1H3. The molecule has 2 atom stereocenters. The molecule has 0 bridgehead atoms. The average molecular weight is 212 g/mol. The smallest absolute Gasteiger partial charge is 0.159 e. The maximum Gasteiger partial charge on any atom is 0.159 e. The van der Waals surface area contributed by atoms with E-state index in [1.165, 1.54) is 7.11 Å². The van der Waals surface area contributed by atoms with Gasteiger partial charge in [0.15, 0.2) is 11.6 Å². The van der Waals surface area contributed by atoms with Crippen LogP contribution in [0.15, 0.2) is 18.2 Å². The fourth-order valence-corrected chi connectivity index (χ4v) is 1.67. The lowest BCUT2D eigenvalue weighted by atomic mass is 9.92. The SMILES string of the molecule is COC1C=Cc2cc(F)c(F)cc2C1O. The van der Waals surface area contributed by atoms with Gasteiger partial charge in [0.2, 0.25) is 0 Å². The van der Waals surface area contributed by atoms with E-state index < -0.39 is 23.8 Å². The van der Waals surface area contributed by atoms with Crippen molar-refractivity contribution in [1.29, 1.82) is 0 Å². The number of rotatable bonds is 1. The Hall–Kier alpha value is -1.26. The van der Waals surface area contributed by atoms with Gasteiger partial charge in [-0.15, -0.1) is 0 Å². The van der Waals surface area contributed by atoms with Gasteiger partial charge in [-0.25, -0.2) is 8.78 Å². The Bertz CT molecular complexity index is 415. The minimum Gasteiger partial charge on any atom is -0.385 e. The van der Waals surface area contributed by atoms with Crippen LogP contribution in [0.5, 0.6) is 0 Å². The quantitative estimate of drug-likeness (QED) is 0.771. The van der Waals surface area contributed by atoms with Crippen molar-refractivity contribution in [3.63, 3.8) is 0 Å². The molecule has 0 radical (unpaired) electrons. The third-order valence-electron chi connectivity index (χ3n) is 2.49. The highest BCUT2D eigenvalue weighted by Crippen LogP contribution is 2.30. The molecule has 15 heavy (non-hydrogen) atoms. The Morgan fingerprint density at radius 1 is 1.27 bits per heavy atom. The van der Waals surface area contributed by atoms with E-state index in [4.69, 9.17) is 4.74 Å². The van der Waals surface area contributed by atoms with Gasteiger partial charge in [-0.2, -0.15) is 0 Å². The normalized spacial score (nSPS) is 24.0. The summed E-state index contributed by atoms with van der Waals surface area (Å²) in [5, 5.41) is 9.77. The Morgan fingerprint density at radius 3 is 2.60 bits per heavy atom. The fraction of sp³-hybridized carbons (Fsp3) is 0.273. The zero-order chi connectivity index (χ0) is 11.0. The van der Waals surface area contributed by atoms with E-state index in [0.29, 0.717) is 11.1 Å². The Balaban J connectivity index is 2.50. The Labute approximate surface area is 85.8 Å². The summed E-state index contributed by atoms with van der Waals surface area (Å²) >= 11 is 0. The maximum absolute atomic E-state index is 13.0. The monoisotopic (exact) mass is 212 g/mol. The summed E-state index contributed by atoms with van der Waals surface area (Å²) in [4.78, 5) is 0. The molecule has 0 heterocycles. The van der Waals surface area contributed by atoms with E-state index in [9.17, 15) is 13.9 Å². The molecule has 2 nitrogen and oxygen atoms in total. The molecule has 0 aliphatic heterocycles. The number of methoxy groups -OCH3 is 1. The van der Waals surface area contributed by atoms with E-state index >= 15 is 0 Å². The number of fused-ring (bicyclic) bond motifs is 1. The molecule has 4 heteroatoms. The highest BCUT2D eigenvalue weighted by atomic mass is 19.2. The minimum atomic E-state index is -0.960. The van der Waals surface area contributed by atoms with Gasteiger partial charge in [0.1, 0.15) is 12.2 Å². The third kappa shape index (κ3) is 1.66. The molecule has 2 rings (SSSR count). The van der Waals surface area contributed by atoms with E-state index in [2.05, 4.69) is 0 Å². The molecule has 1 aliphatic carbocycles. The Morgan fingerprint density at radius 2 is 1.93 bits per heavy atom. The Kier molecular flexibility index (Phi) is 2.54. The molecule has 80 valence electrons. The summed E-state index contributed by atoms with van der Waals surface area (Å²) in [6.07, 6.45) is 1.76. The van der Waals surface area contributed by atoms with Gasteiger partial charge in [0, 0.05) is 7.11 Å². The van der Waals surface area contributed by atoms with E-state index in [-0.39, 0.29) is 0 Å². The highest BCUT2D eigenvalue weighted by Gasteiger charge is 2.25. The lowest BCUT2D eigenvalue weighted by Crippen LogP contribution is -2.22. The number of aliphatic hydroxyl groups is 1. The van der Waals surface area contributed by atoms with Gasteiger partial charge < -0.3 is 9.84 Å². The molecule has 2 unspecified atom stereocenters. The fourth-order valence-electron chi connectivity index (χ4n) is 1.67. The van der Waals surface area contributed by atoms with Crippen molar-refractivity contribution in [2.45, 2.75) is 12.2 Å². The first kappa shape index (κ1) is 10.3. The maximum atomic E-state index is 13.0. The van der Waals surface area contributed by atoms with Crippen LogP contribution in [0.25, 0.3) is 6.08 Å². The lowest BCUT2D eigenvalue weighted by Gasteiger charge is -2.24. The molecule has 0 fully saturated rings. The van der Waals surface area contributed by atoms with Crippen LogP contribution in [-0.4, -0.2) is 18.3 Å². The molecule has 0 saturated carbocycles. The highest BCUT2D eigenvalue weighted by molar-refractivity contribution is 5.58. The van der Waals surface area contributed by atoms with Crippen molar-refractivity contribution in [1.82, 2.24) is 0 Å². The van der Waals surface area contributed by atoms with Crippen LogP contribution in [0.2, 0.25) is 0 Å². The van der Waals surface area contributed by atoms with Crippen molar-refractivity contribution in [3.8, 4) is 0 Å². The number of halogens is 2. The predicted octanol–water partition coefficient (Wildman–Crippen LogP) is 2.04. The van der Waals surface area contributed by atoms with Crippen LogP contribution in [0.1, 0.15) is 17.2 Å². The van der Waals surface area contributed by atoms with Crippen molar-refractivity contribution in [2.24, 2.45) is 0 Å². The summed E-state index contributed by atoms with van der Waals surface area (Å²) in [5.74, 6) is -1.88. The molecule has 1 aromatic carbocycles. The number of ether oxygens (including phenoxy) is 1. The second kappa shape index (κ2) is 3.72. The van der Waals surface area contributed by atoms with Crippen LogP contribution in [0.4, 0.5) is 8.78 Å². The van der Waals surface area contributed by atoms with E-state index in [1.807, 2.05) is 0 Å². The van der Waals surface area contributed by atoms with Gasteiger partial charge in [-0.1, -0.05) is 12.2 Å². The van der Waals surface area contributed by atoms with Crippen LogP contribution < -0.4 is 0 Å². The summed E-state index contributed by atoms with van der Waals surface area (Å²) in [6, 6.07) is 2.07. The van der Waals surface area contributed by atoms with Gasteiger partial charge in [-0.3, -0.25) is 0 Å². The van der Waals surface area contributed by atoms with Crippen molar-refractivity contribution < 1.29 is 18.6 Å². The first-order valence-electron chi connectivity index (χ1n) is 4.51. The summed E-state index contributed by atoms with van der Waals surface area (Å²) < 4.78 is 30.8. The summed E-state index contributed by atoms with van der Waals surface area (Å²) in [6.45, 7) is 0. The van der Waals surface area contributed by atoms with E-state index in [0.717, 1.165) is 12.1 Å². The first-order valence-corrected chi connectivity index (χ1v) is 4.51. The minimum absolute atomic E-state index is 0.350. The average Bonchev–Trinajstić information content (AvgIpc) is 2.22. The van der Waals surface area contributed by atoms with Crippen LogP contribution in [-0.2, 0) is 4.74 Å². The second-order valence-electron chi connectivity index (χ2n) is 3.40. The molecule has 1 aromatic rings. The van der Waals surface area contributed by atoms with Crippen LogP contribution in [0.3, 0.4) is 0 Å². The predicted molar refractivity (Wildman–Crippen MR) is 51.1 cm³/mol. The summed E-state index contributed by atoms with van der Waals surface area (Å²) in [7, 11) is 1.45. The van der Waals surface area contributed by atoms with Gasteiger partial charge in [-0.05, 0) is 23.3 Å². The molecule has 0 aromatic heterocycles. The lowest BCUT2D eigenvalue weighted by molar-refractivity contribution is 0.0148. The number of benzene rings is 1. The largest absolute Gasteiger partial charge is 0.385 e. The molecule has 0 spiro atoms. The molecule has 1 aliphatic rings. The van der Waals surface area contributed by atoms with Crippen LogP contribution >= 0.6 is 0 Å². The molecular weight excluding hydrogens is 202 g/mol. The number of hydrogen-bond acceptors (Lipinski definition) is 2. The molecular formula is C11H10F2O2. The molecule has 0 amide bonds. The van der Waals surface area contributed by atoms with Crippen molar-refractivity contribution >= 4 is 6.08 Å². The van der Waals surface area contributed by atoms with Gasteiger partial charge in [0.25, 0.3) is 0 Å². The van der Waals surface area contributed by atoms with Crippen molar-refractivity contribution in [2.75, 3.05) is 7.11 Å². The summed E-state index contributed by atoms with van der Waals surface area (Å²) in [5.41, 5.74) is 0.831. The van der Waals surface area contributed by atoms with Crippen LogP contribution in [0, 0.1) is 11.6 Å².